The summed E-state index contributed by atoms with van der Waals surface area (Å²) in [6.07, 6.45) is 0. The van der Waals surface area contributed by atoms with Gasteiger partial charge in [-0.3, -0.25) is 4.79 Å². The van der Waals surface area contributed by atoms with Gasteiger partial charge in [0.05, 0.1) is 12.1 Å². The van der Waals surface area contributed by atoms with Gasteiger partial charge in [0.25, 0.3) is 5.91 Å². The van der Waals surface area contributed by atoms with E-state index in [2.05, 4.69) is 29.7 Å². The topological polar surface area (TPSA) is 25.2 Å². The molecule has 3 aromatic rings. The molecule has 4 rings (SSSR count). The number of rotatable bonds is 1. The largest absolute Gasteiger partial charge is 0.348 e. The summed E-state index contributed by atoms with van der Waals surface area (Å²) in [4.78, 5) is 14.4. The molecule has 0 radical (unpaired) electrons. The Labute approximate surface area is 133 Å². The van der Waals surface area contributed by atoms with Crippen LogP contribution in [0.15, 0.2) is 42.5 Å². The molecule has 110 valence electrons. The fourth-order valence-electron chi connectivity index (χ4n) is 3.11. The maximum Gasteiger partial charge on any atom is 0.258 e. The van der Waals surface area contributed by atoms with Crippen molar-refractivity contribution in [2.75, 3.05) is 4.90 Å². The van der Waals surface area contributed by atoms with Crippen molar-refractivity contribution in [1.82, 2.24) is 4.57 Å². The Balaban J connectivity index is 1.80. The van der Waals surface area contributed by atoms with Crippen LogP contribution in [0.25, 0.3) is 10.9 Å². The van der Waals surface area contributed by atoms with E-state index < -0.39 is 0 Å². The number of carbonyl (C=O) groups is 1. The average Bonchev–Trinajstić information content (AvgIpc) is 2.98. The molecule has 0 bridgehead atoms. The van der Waals surface area contributed by atoms with E-state index in [-0.39, 0.29) is 5.91 Å². The molecule has 1 amide bonds. The number of aromatic nitrogens is 1. The van der Waals surface area contributed by atoms with Crippen molar-refractivity contribution >= 4 is 34.1 Å². The fourth-order valence-corrected chi connectivity index (χ4v) is 3.28. The minimum absolute atomic E-state index is 0.0165. The molecule has 0 spiro atoms. The number of halogens is 1. The highest BCUT2D eigenvalue weighted by atomic mass is 35.5. The van der Waals surface area contributed by atoms with Gasteiger partial charge in [0.2, 0.25) is 0 Å². The summed E-state index contributed by atoms with van der Waals surface area (Å²) < 4.78 is 2.14. The molecule has 1 aliphatic rings. The fraction of sp³-hybridized carbons (Fsp3) is 0.167. The van der Waals surface area contributed by atoms with Gasteiger partial charge < -0.3 is 9.47 Å². The Hall–Kier alpha value is -2.26. The predicted molar refractivity (Wildman–Crippen MR) is 89.6 cm³/mol. The molecule has 1 aliphatic heterocycles. The lowest BCUT2D eigenvalue weighted by molar-refractivity contribution is 0.0996. The van der Waals surface area contributed by atoms with E-state index in [1.165, 1.54) is 11.1 Å². The summed E-state index contributed by atoms with van der Waals surface area (Å²) >= 11 is 6.01. The van der Waals surface area contributed by atoms with Crippen LogP contribution < -0.4 is 4.90 Å². The van der Waals surface area contributed by atoms with E-state index in [1.54, 1.807) is 6.07 Å². The van der Waals surface area contributed by atoms with E-state index in [0.29, 0.717) is 17.1 Å². The lowest BCUT2D eigenvalue weighted by Gasteiger charge is -2.16. The third kappa shape index (κ3) is 1.86. The van der Waals surface area contributed by atoms with Gasteiger partial charge in [-0.15, -0.1) is 0 Å². The number of fused-ring (bicyclic) bond motifs is 2. The highest BCUT2D eigenvalue weighted by Crippen LogP contribution is 2.32. The maximum absolute atomic E-state index is 12.6. The smallest absolute Gasteiger partial charge is 0.258 e. The number of amides is 1. The first-order valence-electron chi connectivity index (χ1n) is 7.21. The molecule has 4 heteroatoms. The second-order valence-electron chi connectivity index (χ2n) is 5.78. The minimum atomic E-state index is 0.0165. The zero-order chi connectivity index (χ0) is 15.4. The zero-order valence-electron chi connectivity index (χ0n) is 12.4. The molecule has 0 aliphatic carbocycles. The highest BCUT2D eigenvalue weighted by Gasteiger charge is 2.28. The predicted octanol–water partition coefficient (Wildman–Crippen LogP) is 4.30. The van der Waals surface area contributed by atoms with Gasteiger partial charge in [0.1, 0.15) is 0 Å². The van der Waals surface area contributed by atoms with Crippen molar-refractivity contribution in [3.05, 3.63) is 64.3 Å². The van der Waals surface area contributed by atoms with Crippen molar-refractivity contribution in [1.29, 1.82) is 0 Å². The van der Waals surface area contributed by atoms with Gasteiger partial charge in [0.15, 0.2) is 0 Å². The van der Waals surface area contributed by atoms with Gasteiger partial charge in [-0.05, 0) is 48.2 Å². The van der Waals surface area contributed by atoms with E-state index in [0.717, 1.165) is 16.8 Å². The second-order valence-corrected chi connectivity index (χ2v) is 6.22. The van der Waals surface area contributed by atoms with Gasteiger partial charge >= 0.3 is 0 Å². The number of hydrogen-bond donors (Lipinski definition) is 0. The number of carbonyl (C=O) groups excluding carboxylic acids is 1. The van der Waals surface area contributed by atoms with Gasteiger partial charge in [-0.1, -0.05) is 23.7 Å². The number of anilines is 1. The molecule has 0 saturated heterocycles. The minimum Gasteiger partial charge on any atom is -0.348 e. The standard InChI is InChI=1S/C18H15ClN2O/c1-11-7-12-4-6-15(9-17(12)20(11)2)21-10-13-3-5-14(19)8-16(13)18(21)22/h3-9H,10H2,1-2H3. The molecule has 0 atom stereocenters. The monoisotopic (exact) mass is 310 g/mol. The van der Waals surface area contributed by atoms with Crippen LogP contribution in [-0.2, 0) is 13.6 Å². The number of hydrogen-bond acceptors (Lipinski definition) is 1. The van der Waals surface area contributed by atoms with Gasteiger partial charge in [-0.2, -0.15) is 0 Å². The quantitative estimate of drug-likeness (QED) is 0.658. The summed E-state index contributed by atoms with van der Waals surface area (Å²) in [6, 6.07) is 13.8. The molecule has 1 aromatic heterocycles. The molecule has 0 saturated carbocycles. The first kappa shape index (κ1) is 13.4. The molecular formula is C18H15ClN2O. The molecule has 3 nitrogen and oxygen atoms in total. The molecule has 2 aromatic carbocycles. The molecular weight excluding hydrogens is 296 g/mol. The Morgan fingerprint density at radius 1 is 1.09 bits per heavy atom. The van der Waals surface area contributed by atoms with E-state index >= 15 is 0 Å². The Morgan fingerprint density at radius 3 is 2.73 bits per heavy atom. The van der Waals surface area contributed by atoms with Crippen LogP contribution in [0, 0.1) is 6.92 Å². The Bertz CT molecular complexity index is 926. The van der Waals surface area contributed by atoms with Gasteiger partial charge in [-0.25, -0.2) is 0 Å². The van der Waals surface area contributed by atoms with Crippen molar-refractivity contribution in [2.45, 2.75) is 13.5 Å². The molecule has 0 N–H and O–H groups in total. The third-order valence-electron chi connectivity index (χ3n) is 4.46. The first-order chi connectivity index (χ1) is 10.5. The van der Waals surface area contributed by atoms with E-state index in [4.69, 9.17) is 11.6 Å². The van der Waals surface area contributed by atoms with Crippen molar-refractivity contribution < 1.29 is 4.79 Å². The van der Waals surface area contributed by atoms with Crippen molar-refractivity contribution in [3.63, 3.8) is 0 Å². The van der Waals surface area contributed by atoms with Crippen molar-refractivity contribution in [2.24, 2.45) is 7.05 Å². The van der Waals surface area contributed by atoms with Gasteiger partial charge in [0, 0.05) is 29.0 Å². The maximum atomic E-state index is 12.6. The van der Waals surface area contributed by atoms with Crippen LogP contribution in [0.4, 0.5) is 5.69 Å². The molecule has 2 heterocycles. The van der Waals surface area contributed by atoms with Crippen LogP contribution >= 0.6 is 11.6 Å². The zero-order valence-corrected chi connectivity index (χ0v) is 13.2. The normalized spacial score (nSPS) is 14.0. The second kappa shape index (κ2) is 4.62. The van der Waals surface area contributed by atoms with Crippen LogP contribution in [0.1, 0.15) is 21.6 Å². The highest BCUT2D eigenvalue weighted by molar-refractivity contribution is 6.31. The molecule has 0 fully saturated rings. The third-order valence-corrected chi connectivity index (χ3v) is 4.69. The average molecular weight is 311 g/mol. The van der Waals surface area contributed by atoms with Crippen LogP contribution in [0.2, 0.25) is 5.02 Å². The summed E-state index contributed by atoms with van der Waals surface area (Å²) in [5, 5.41) is 1.79. The lowest BCUT2D eigenvalue weighted by Crippen LogP contribution is -2.22. The number of nitrogens with zero attached hydrogens (tertiary/aromatic N) is 2. The summed E-state index contributed by atoms with van der Waals surface area (Å²) in [6.45, 7) is 2.68. The first-order valence-corrected chi connectivity index (χ1v) is 7.59. The van der Waals surface area contributed by atoms with E-state index in [9.17, 15) is 4.79 Å². The van der Waals surface area contributed by atoms with Crippen LogP contribution in [0.3, 0.4) is 0 Å². The Morgan fingerprint density at radius 2 is 1.91 bits per heavy atom. The summed E-state index contributed by atoms with van der Waals surface area (Å²) in [5.41, 5.74) is 4.99. The molecule has 22 heavy (non-hydrogen) atoms. The summed E-state index contributed by atoms with van der Waals surface area (Å²) in [5.74, 6) is 0.0165. The van der Waals surface area contributed by atoms with Crippen molar-refractivity contribution in [3.8, 4) is 0 Å². The lowest BCUT2D eigenvalue weighted by atomic mass is 10.1. The summed E-state index contributed by atoms with van der Waals surface area (Å²) in [7, 11) is 2.04. The van der Waals surface area contributed by atoms with E-state index in [1.807, 2.05) is 30.1 Å². The number of aryl methyl sites for hydroxylation is 2. The molecule has 0 unspecified atom stereocenters. The van der Waals surface area contributed by atoms with Crippen LogP contribution in [0.5, 0.6) is 0 Å². The van der Waals surface area contributed by atoms with Crippen LogP contribution in [-0.4, -0.2) is 10.5 Å². The SMILES string of the molecule is Cc1cc2ccc(N3Cc4ccc(Cl)cc4C3=O)cc2n1C. The number of benzene rings is 2. The Kier molecular flexibility index (Phi) is 2.81.